The maximum absolute atomic E-state index is 13.0. The predicted molar refractivity (Wildman–Crippen MR) is 104 cm³/mol. The van der Waals surface area contributed by atoms with Crippen LogP contribution in [-0.4, -0.2) is 47.5 Å². The fourth-order valence-corrected chi connectivity index (χ4v) is 3.71. The highest BCUT2D eigenvalue weighted by atomic mass is 19.4. The van der Waals surface area contributed by atoms with Crippen molar-refractivity contribution >= 4 is 5.69 Å². The van der Waals surface area contributed by atoms with Crippen LogP contribution in [-0.2, 0) is 12.7 Å². The van der Waals surface area contributed by atoms with E-state index in [1.165, 1.54) is 17.0 Å². The molecule has 0 aromatic heterocycles. The number of benzene rings is 2. The molecule has 0 amide bonds. The minimum absolute atomic E-state index is 0.564. The van der Waals surface area contributed by atoms with Crippen LogP contribution < -0.4 is 24.0 Å². The molecule has 1 aliphatic rings. The number of methoxy groups -OCH3 is 3. The van der Waals surface area contributed by atoms with Crippen molar-refractivity contribution in [1.29, 1.82) is 0 Å². The highest BCUT2D eigenvalue weighted by Crippen LogP contribution is 2.39. The molecule has 5 nitrogen and oxygen atoms in total. The molecule has 1 fully saturated rings. The molecule has 1 aliphatic heterocycles. The first kappa shape index (κ1) is 21.1. The highest BCUT2D eigenvalue weighted by molar-refractivity contribution is 5.55. The molecule has 1 N–H and O–H groups in total. The smallest absolute Gasteiger partial charge is 0.416 e. The number of quaternary nitrogens is 1. The average molecular weight is 411 g/mol. The number of halogens is 3. The summed E-state index contributed by atoms with van der Waals surface area (Å²) in [6, 6.07) is 9.35. The van der Waals surface area contributed by atoms with Gasteiger partial charge in [-0.3, -0.25) is 0 Å². The number of ether oxygens (including phenoxy) is 3. The third kappa shape index (κ3) is 4.70. The first-order valence-electron chi connectivity index (χ1n) is 9.41. The molecule has 3 rings (SSSR count). The maximum atomic E-state index is 13.0. The summed E-state index contributed by atoms with van der Waals surface area (Å²) >= 11 is 0. The van der Waals surface area contributed by atoms with Crippen LogP contribution in [0.1, 0.15) is 11.1 Å². The number of hydrogen-bond acceptors (Lipinski definition) is 4. The molecule has 2 aromatic carbocycles. The van der Waals surface area contributed by atoms with E-state index >= 15 is 0 Å². The molecule has 158 valence electrons. The zero-order chi connectivity index (χ0) is 21.0. The molecule has 8 heteroatoms. The van der Waals surface area contributed by atoms with E-state index in [-0.39, 0.29) is 0 Å². The summed E-state index contributed by atoms with van der Waals surface area (Å²) in [6.07, 6.45) is -4.33. The van der Waals surface area contributed by atoms with E-state index in [2.05, 4.69) is 0 Å². The Morgan fingerprint density at radius 2 is 1.62 bits per heavy atom. The molecule has 0 radical (unpaired) electrons. The topological polar surface area (TPSA) is 35.4 Å². The number of nitrogens with zero attached hydrogens (tertiary/aromatic N) is 1. The van der Waals surface area contributed by atoms with Crippen LogP contribution in [0.5, 0.6) is 17.2 Å². The Hall–Kier alpha value is -2.61. The Morgan fingerprint density at radius 1 is 0.931 bits per heavy atom. The van der Waals surface area contributed by atoms with Gasteiger partial charge in [0.2, 0.25) is 5.75 Å². The maximum Gasteiger partial charge on any atom is 0.416 e. The molecular weight excluding hydrogens is 385 g/mol. The fraction of sp³-hybridized carbons (Fsp3) is 0.429. The van der Waals surface area contributed by atoms with E-state index in [4.69, 9.17) is 14.2 Å². The van der Waals surface area contributed by atoms with Gasteiger partial charge >= 0.3 is 6.18 Å². The zero-order valence-electron chi connectivity index (χ0n) is 16.8. The summed E-state index contributed by atoms with van der Waals surface area (Å²) in [6.45, 7) is 3.74. The molecule has 0 bridgehead atoms. The average Bonchev–Trinajstić information content (AvgIpc) is 2.73. The predicted octanol–water partition coefficient (Wildman–Crippen LogP) is 2.64. The van der Waals surface area contributed by atoms with Crippen molar-refractivity contribution in [3.05, 3.63) is 47.5 Å². The van der Waals surface area contributed by atoms with Gasteiger partial charge in [0.1, 0.15) is 6.54 Å². The summed E-state index contributed by atoms with van der Waals surface area (Å²) in [5.41, 5.74) is 1.01. The lowest BCUT2D eigenvalue weighted by Gasteiger charge is -2.34. The number of alkyl halides is 3. The second-order valence-electron chi connectivity index (χ2n) is 6.96. The number of rotatable bonds is 6. The van der Waals surface area contributed by atoms with Crippen molar-refractivity contribution in [2.24, 2.45) is 0 Å². The normalized spacial score (nSPS) is 15.3. The van der Waals surface area contributed by atoms with Gasteiger partial charge in [-0.05, 0) is 30.3 Å². The van der Waals surface area contributed by atoms with Gasteiger partial charge in [0, 0.05) is 5.69 Å². The molecule has 29 heavy (non-hydrogen) atoms. The Morgan fingerprint density at radius 3 is 2.21 bits per heavy atom. The Balaban J connectivity index is 1.68. The van der Waals surface area contributed by atoms with E-state index < -0.39 is 11.7 Å². The number of nitrogens with one attached hydrogen (secondary N) is 1. The van der Waals surface area contributed by atoms with Gasteiger partial charge < -0.3 is 24.0 Å². The Labute approximate surface area is 168 Å². The van der Waals surface area contributed by atoms with E-state index in [0.29, 0.717) is 36.0 Å². The molecule has 0 aliphatic carbocycles. The second-order valence-corrected chi connectivity index (χ2v) is 6.96. The van der Waals surface area contributed by atoms with Crippen molar-refractivity contribution in [1.82, 2.24) is 0 Å². The van der Waals surface area contributed by atoms with Crippen LogP contribution in [0.3, 0.4) is 0 Å². The van der Waals surface area contributed by atoms with Crippen molar-refractivity contribution in [2.75, 3.05) is 52.4 Å². The van der Waals surface area contributed by atoms with E-state index in [9.17, 15) is 13.2 Å². The van der Waals surface area contributed by atoms with Crippen molar-refractivity contribution in [3.8, 4) is 17.2 Å². The Bertz CT molecular complexity index is 834. The molecule has 0 atom stereocenters. The van der Waals surface area contributed by atoms with Gasteiger partial charge in [-0.2, -0.15) is 13.2 Å². The quantitative estimate of drug-likeness (QED) is 0.793. The largest absolute Gasteiger partial charge is 0.493 e. The van der Waals surface area contributed by atoms with E-state index in [1.54, 1.807) is 27.4 Å². The minimum Gasteiger partial charge on any atom is -0.493 e. The SMILES string of the molecule is COc1ccc(C[NH+]2CCN(c3cccc(C(F)(F)F)c3)CC2)c(OC)c1OC. The van der Waals surface area contributed by atoms with Gasteiger partial charge in [-0.25, -0.2) is 0 Å². The number of anilines is 1. The first-order valence-corrected chi connectivity index (χ1v) is 9.41. The van der Waals surface area contributed by atoms with Crippen LogP contribution in [0.2, 0.25) is 0 Å². The fourth-order valence-electron chi connectivity index (χ4n) is 3.71. The number of piperazine rings is 1. The first-order chi connectivity index (χ1) is 13.9. The molecule has 0 saturated carbocycles. The van der Waals surface area contributed by atoms with Gasteiger partial charge in [-0.15, -0.1) is 0 Å². The van der Waals surface area contributed by atoms with E-state index in [1.807, 2.05) is 17.0 Å². The van der Waals surface area contributed by atoms with Gasteiger partial charge in [0.05, 0.1) is 58.6 Å². The van der Waals surface area contributed by atoms with Crippen LogP contribution >= 0.6 is 0 Å². The van der Waals surface area contributed by atoms with Crippen molar-refractivity contribution < 1.29 is 32.3 Å². The molecule has 1 saturated heterocycles. The van der Waals surface area contributed by atoms with E-state index in [0.717, 1.165) is 31.3 Å². The minimum atomic E-state index is -4.33. The van der Waals surface area contributed by atoms with Crippen molar-refractivity contribution in [3.63, 3.8) is 0 Å². The van der Waals surface area contributed by atoms with Gasteiger partial charge in [0.15, 0.2) is 11.5 Å². The lowest BCUT2D eigenvalue weighted by atomic mass is 10.1. The third-order valence-corrected chi connectivity index (χ3v) is 5.24. The third-order valence-electron chi connectivity index (χ3n) is 5.24. The summed E-state index contributed by atoms with van der Waals surface area (Å²) in [4.78, 5) is 3.34. The summed E-state index contributed by atoms with van der Waals surface area (Å²) in [5.74, 6) is 1.83. The van der Waals surface area contributed by atoms with Gasteiger partial charge in [0.25, 0.3) is 0 Å². The van der Waals surface area contributed by atoms with Crippen LogP contribution in [0.25, 0.3) is 0 Å². The number of hydrogen-bond donors (Lipinski definition) is 1. The van der Waals surface area contributed by atoms with Crippen molar-refractivity contribution in [2.45, 2.75) is 12.7 Å². The molecule has 0 spiro atoms. The lowest BCUT2D eigenvalue weighted by molar-refractivity contribution is -0.914. The second kappa shape index (κ2) is 8.82. The molecule has 2 aromatic rings. The Kier molecular flexibility index (Phi) is 6.42. The lowest BCUT2D eigenvalue weighted by Crippen LogP contribution is -3.13. The molecule has 0 unspecified atom stereocenters. The highest BCUT2D eigenvalue weighted by Gasteiger charge is 2.31. The van der Waals surface area contributed by atoms with Crippen LogP contribution in [0.15, 0.2) is 36.4 Å². The van der Waals surface area contributed by atoms with Crippen LogP contribution in [0.4, 0.5) is 18.9 Å². The monoisotopic (exact) mass is 411 g/mol. The summed E-state index contributed by atoms with van der Waals surface area (Å²) in [5, 5.41) is 0. The van der Waals surface area contributed by atoms with Gasteiger partial charge in [-0.1, -0.05) is 6.07 Å². The molecular formula is C21H26F3N2O3+. The summed E-state index contributed by atoms with van der Waals surface area (Å²) in [7, 11) is 4.75. The zero-order valence-corrected chi connectivity index (χ0v) is 16.8. The molecule has 1 heterocycles. The standard InChI is InChI=1S/C21H25F3N2O3/c1-27-18-8-7-15(19(28-2)20(18)29-3)14-25-9-11-26(12-10-25)17-6-4-5-16(13-17)21(22,23)24/h4-8,13H,9-12,14H2,1-3H3/p+1. The van der Waals surface area contributed by atoms with Crippen LogP contribution in [0, 0.1) is 0 Å². The summed E-state index contributed by atoms with van der Waals surface area (Å²) < 4.78 is 55.2.